The molecule has 0 radical (unpaired) electrons. The monoisotopic (exact) mass is 465 g/mol. The fourth-order valence-electron chi connectivity index (χ4n) is 3.55. The lowest BCUT2D eigenvalue weighted by atomic mass is 10.0. The SMILES string of the molecule is NCC(=O)NCC(=O)NC(Cc1c[nH]c2ccccc12)C(=O)NC(Cc1ccccc1)C(=O)O. The third-order valence-electron chi connectivity index (χ3n) is 5.28. The fourth-order valence-corrected chi connectivity index (χ4v) is 3.55. The molecule has 0 aliphatic rings. The first-order valence-electron chi connectivity index (χ1n) is 10.8. The first kappa shape index (κ1) is 24.5. The van der Waals surface area contributed by atoms with Crippen LogP contribution >= 0.6 is 0 Å². The highest BCUT2D eigenvalue weighted by atomic mass is 16.4. The molecule has 0 aliphatic carbocycles. The number of nitrogens with one attached hydrogen (secondary N) is 4. The maximum Gasteiger partial charge on any atom is 0.326 e. The molecule has 0 fully saturated rings. The third-order valence-corrected chi connectivity index (χ3v) is 5.28. The van der Waals surface area contributed by atoms with Gasteiger partial charge < -0.3 is 31.8 Å². The van der Waals surface area contributed by atoms with Gasteiger partial charge in [-0.2, -0.15) is 0 Å². The van der Waals surface area contributed by atoms with E-state index in [0.29, 0.717) is 0 Å². The van der Waals surface area contributed by atoms with Gasteiger partial charge in [-0.15, -0.1) is 0 Å². The van der Waals surface area contributed by atoms with E-state index in [0.717, 1.165) is 22.0 Å². The zero-order chi connectivity index (χ0) is 24.5. The number of aromatic nitrogens is 1. The number of nitrogens with two attached hydrogens (primary N) is 1. The molecule has 1 heterocycles. The molecular weight excluding hydrogens is 438 g/mol. The summed E-state index contributed by atoms with van der Waals surface area (Å²) in [7, 11) is 0. The molecule has 0 bridgehead atoms. The number of fused-ring (bicyclic) bond motifs is 1. The number of H-pyrrole nitrogens is 1. The molecule has 0 saturated carbocycles. The van der Waals surface area contributed by atoms with Gasteiger partial charge in [0.05, 0.1) is 13.1 Å². The van der Waals surface area contributed by atoms with Crippen molar-refractivity contribution in [2.45, 2.75) is 24.9 Å². The Morgan fingerprint density at radius 1 is 0.882 bits per heavy atom. The molecule has 178 valence electrons. The number of amides is 3. The number of hydrogen-bond acceptors (Lipinski definition) is 5. The fraction of sp³-hybridized carbons (Fsp3) is 0.250. The minimum absolute atomic E-state index is 0.0855. The molecule has 3 aromatic rings. The van der Waals surface area contributed by atoms with Crippen molar-refractivity contribution in [2.24, 2.45) is 5.73 Å². The highest BCUT2D eigenvalue weighted by molar-refractivity contribution is 5.93. The average molecular weight is 466 g/mol. The summed E-state index contributed by atoms with van der Waals surface area (Å²) in [5.74, 6) is -2.95. The van der Waals surface area contributed by atoms with Gasteiger partial charge in [0.25, 0.3) is 0 Å². The molecule has 3 rings (SSSR count). The maximum atomic E-state index is 13.1. The Morgan fingerprint density at radius 2 is 1.59 bits per heavy atom. The van der Waals surface area contributed by atoms with E-state index in [9.17, 15) is 24.3 Å². The molecule has 10 nitrogen and oxygen atoms in total. The average Bonchev–Trinajstić information content (AvgIpc) is 3.25. The van der Waals surface area contributed by atoms with Crippen LogP contribution in [0.2, 0.25) is 0 Å². The first-order valence-corrected chi connectivity index (χ1v) is 10.8. The number of benzene rings is 2. The number of carbonyl (C=O) groups excluding carboxylic acids is 3. The predicted octanol–water partition coefficient (Wildman–Crippen LogP) is 0.0822. The van der Waals surface area contributed by atoms with E-state index in [1.807, 2.05) is 30.3 Å². The molecule has 7 N–H and O–H groups in total. The Balaban J connectivity index is 1.77. The van der Waals surface area contributed by atoms with Gasteiger partial charge in [-0.25, -0.2) is 4.79 Å². The van der Waals surface area contributed by atoms with E-state index in [4.69, 9.17) is 5.73 Å². The zero-order valence-corrected chi connectivity index (χ0v) is 18.4. The number of hydrogen-bond donors (Lipinski definition) is 6. The first-order chi connectivity index (χ1) is 16.4. The summed E-state index contributed by atoms with van der Waals surface area (Å²) in [6, 6.07) is 14.2. The van der Waals surface area contributed by atoms with Crippen LogP contribution in [-0.2, 0) is 32.0 Å². The van der Waals surface area contributed by atoms with Crippen molar-refractivity contribution in [3.05, 3.63) is 71.9 Å². The van der Waals surface area contributed by atoms with Gasteiger partial charge in [-0.1, -0.05) is 48.5 Å². The van der Waals surface area contributed by atoms with Crippen LogP contribution in [0.3, 0.4) is 0 Å². The van der Waals surface area contributed by atoms with Crippen molar-refractivity contribution < 1.29 is 24.3 Å². The summed E-state index contributed by atoms with van der Waals surface area (Å²) < 4.78 is 0. The molecule has 0 spiro atoms. The second-order valence-corrected chi connectivity index (χ2v) is 7.75. The van der Waals surface area contributed by atoms with E-state index in [-0.39, 0.29) is 25.9 Å². The number of rotatable bonds is 11. The van der Waals surface area contributed by atoms with Crippen molar-refractivity contribution in [3.63, 3.8) is 0 Å². The number of carboxylic acids is 1. The molecule has 1 aromatic heterocycles. The van der Waals surface area contributed by atoms with Crippen molar-refractivity contribution in [2.75, 3.05) is 13.1 Å². The lowest BCUT2D eigenvalue weighted by molar-refractivity contribution is -0.142. The van der Waals surface area contributed by atoms with Crippen LogP contribution in [0.5, 0.6) is 0 Å². The van der Waals surface area contributed by atoms with E-state index < -0.39 is 35.8 Å². The molecule has 3 amide bonds. The smallest absolute Gasteiger partial charge is 0.326 e. The predicted molar refractivity (Wildman–Crippen MR) is 126 cm³/mol. The van der Waals surface area contributed by atoms with Crippen LogP contribution in [0.25, 0.3) is 10.9 Å². The standard InChI is InChI=1S/C24H27N5O5/c25-12-21(30)27-14-22(31)28-19(11-16-13-26-18-9-5-4-8-17(16)18)23(32)29-20(24(33)34)10-15-6-2-1-3-7-15/h1-9,13,19-20,26H,10-12,14,25H2,(H,27,30)(H,28,31)(H,29,32)(H,33,34). The highest BCUT2D eigenvalue weighted by Crippen LogP contribution is 2.19. The topological polar surface area (TPSA) is 166 Å². The van der Waals surface area contributed by atoms with Crippen molar-refractivity contribution in [1.82, 2.24) is 20.9 Å². The Kier molecular flexibility index (Phi) is 8.36. The normalized spacial score (nSPS) is 12.5. The molecule has 2 aromatic carbocycles. The number of aromatic amines is 1. The molecule has 2 unspecified atom stereocenters. The highest BCUT2D eigenvalue weighted by Gasteiger charge is 2.27. The van der Waals surface area contributed by atoms with Crippen LogP contribution in [0, 0.1) is 0 Å². The number of carbonyl (C=O) groups is 4. The Hall–Kier alpha value is -4.18. The summed E-state index contributed by atoms with van der Waals surface area (Å²) >= 11 is 0. The summed E-state index contributed by atoms with van der Waals surface area (Å²) in [5.41, 5.74) is 7.62. The van der Waals surface area contributed by atoms with Crippen molar-refractivity contribution in [1.29, 1.82) is 0 Å². The Labute approximate surface area is 195 Å². The lowest BCUT2D eigenvalue weighted by Gasteiger charge is -2.22. The van der Waals surface area contributed by atoms with Gasteiger partial charge in [0.1, 0.15) is 12.1 Å². The molecule has 10 heteroatoms. The largest absolute Gasteiger partial charge is 0.480 e. The number of carboxylic acid groups (broad SMARTS) is 1. The third kappa shape index (κ3) is 6.66. The lowest BCUT2D eigenvalue weighted by Crippen LogP contribution is -2.54. The summed E-state index contributed by atoms with van der Waals surface area (Å²) in [5, 5.41) is 18.0. The van der Waals surface area contributed by atoms with Crippen molar-refractivity contribution >= 4 is 34.6 Å². The van der Waals surface area contributed by atoms with E-state index in [1.165, 1.54) is 0 Å². The van der Waals surface area contributed by atoms with E-state index in [1.54, 1.807) is 30.5 Å². The number of para-hydroxylation sites is 1. The van der Waals surface area contributed by atoms with Crippen molar-refractivity contribution in [3.8, 4) is 0 Å². The van der Waals surface area contributed by atoms with Gasteiger partial charge in [0.15, 0.2) is 0 Å². The maximum absolute atomic E-state index is 13.1. The van der Waals surface area contributed by atoms with Gasteiger partial charge in [0, 0.05) is 29.9 Å². The second-order valence-electron chi connectivity index (χ2n) is 7.75. The van der Waals surface area contributed by atoms with Gasteiger partial charge in [-0.05, 0) is 17.2 Å². The van der Waals surface area contributed by atoms with E-state index in [2.05, 4.69) is 20.9 Å². The van der Waals surface area contributed by atoms with Crippen LogP contribution < -0.4 is 21.7 Å². The van der Waals surface area contributed by atoms with Crippen LogP contribution in [0.4, 0.5) is 0 Å². The van der Waals surface area contributed by atoms with Crippen LogP contribution in [-0.4, -0.2) is 59.0 Å². The summed E-state index contributed by atoms with van der Waals surface area (Å²) in [6.07, 6.45) is 1.94. The van der Waals surface area contributed by atoms with Gasteiger partial charge >= 0.3 is 5.97 Å². The molecule has 34 heavy (non-hydrogen) atoms. The van der Waals surface area contributed by atoms with Gasteiger partial charge in [-0.3, -0.25) is 14.4 Å². The Morgan fingerprint density at radius 3 is 2.29 bits per heavy atom. The second kappa shape index (κ2) is 11.6. The Bertz CT molecular complexity index is 1160. The molecular formula is C24H27N5O5. The minimum atomic E-state index is -1.19. The van der Waals surface area contributed by atoms with Crippen LogP contribution in [0.1, 0.15) is 11.1 Å². The summed E-state index contributed by atoms with van der Waals surface area (Å²) in [6.45, 7) is -0.633. The number of aliphatic carboxylic acids is 1. The van der Waals surface area contributed by atoms with Crippen LogP contribution in [0.15, 0.2) is 60.8 Å². The molecule has 0 saturated heterocycles. The quantitative estimate of drug-likeness (QED) is 0.235. The summed E-state index contributed by atoms with van der Waals surface area (Å²) in [4.78, 5) is 51.8. The minimum Gasteiger partial charge on any atom is -0.480 e. The molecule has 0 aliphatic heterocycles. The molecule has 2 atom stereocenters. The van der Waals surface area contributed by atoms with E-state index >= 15 is 0 Å². The van der Waals surface area contributed by atoms with Gasteiger partial charge in [0.2, 0.25) is 17.7 Å². The zero-order valence-electron chi connectivity index (χ0n) is 18.4.